The molecule has 0 aliphatic carbocycles. The lowest BCUT2D eigenvalue weighted by Gasteiger charge is -2.42. The van der Waals surface area contributed by atoms with E-state index in [9.17, 15) is 19.7 Å². The number of nitrogens with one attached hydrogen (secondary N) is 1. The first-order valence-corrected chi connectivity index (χ1v) is 13.4. The van der Waals surface area contributed by atoms with Gasteiger partial charge in [-0.15, -0.1) is 11.8 Å². The molecule has 2 spiro atoms. The van der Waals surface area contributed by atoms with Gasteiger partial charge < -0.3 is 10.1 Å². The number of carbonyl (C=O) groups is 2. The Kier molecular flexibility index (Phi) is 4.53. The minimum Gasteiger partial charge on any atom is -0.425 e. The highest BCUT2D eigenvalue weighted by atomic mass is 79.9. The summed E-state index contributed by atoms with van der Waals surface area (Å²) in [6, 6.07) is 19.3. The van der Waals surface area contributed by atoms with Gasteiger partial charge in [-0.2, -0.15) is 0 Å². The molecule has 1 N–H and O–H groups in total. The van der Waals surface area contributed by atoms with Crippen LogP contribution >= 0.6 is 27.7 Å². The fraction of sp³-hybridized carbons (Fsp3) is 0.231. The molecular weight excluding hydrogens is 546 g/mol. The second-order valence-electron chi connectivity index (χ2n) is 9.41. The van der Waals surface area contributed by atoms with Crippen LogP contribution in [0.25, 0.3) is 0 Å². The highest BCUT2D eigenvalue weighted by Gasteiger charge is 2.81. The maximum absolute atomic E-state index is 14.3. The maximum Gasteiger partial charge on any atom is 0.325 e. The summed E-state index contributed by atoms with van der Waals surface area (Å²) in [6.07, 6.45) is 0. The van der Waals surface area contributed by atoms with Crippen LogP contribution in [-0.4, -0.2) is 39.4 Å². The second kappa shape index (κ2) is 7.41. The van der Waals surface area contributed by atoms with Crippen molar-refractivity contribution in [3.05, 3.63) is 98.0 Å². The molecule has 2 fully saturated rings. The third-order valence-corrected chi connectivity index (χ3v) is 9.58. The van der Waals surface area contributed by atoms with Crippen LogP contribution in [0.2, 0.25) is 0 Å². The third-order valence-electron chi connectivity index (χ3n) is 8.02. The highest BCUT2D eigenvalue weighted by molar-refractivity contribution is 9.10. The van der Waals surface area contributed by atoms with Gasteiger partial charge in [-0.25, -0.2) is 0 Å². The van der Waals surface area contributed by atoms with Crippen LogP contribution in [0.15, 0.2) is 71.2 Å². The first kappa shape index (κ1) is 22.0. The van der Waals surface area contributed by atoms with Crippen molar-refractivity contribution in [2.45, 2.75) is 22.9 Å². The standard InChI is InChI=1S/C26H18BrN3O5S/c27-15-7-5-14(6-8-15)22-20-12-36-13-29(20)26(25(22)17-3-1-2-4-21(17)35-24(25)32)18-11-16(30(33)34)9-10-19(18)28-23(26)31/h1-11,20,22H,12-13H2,(H,28,31)/t20-,22-,25-,26-/m1/s1. The number of nitro groups is 1. The summed E-state index contributed by atoms with van der Waals surface area (Å²) in [5.41, 5.74) is -0.603. The van der Waals surface area contributed by atoms with Gasteiger partial charge in [-0.3, -0.25) is 24.6 Å². The minimum atomic E-state index is -1.51. The number of para-hydroxylation sites is 1. The molecule has 3 aromatic rings. The lowest BCUT2D eigenvalue weighted by atomic mass is 9.57. The van der Waals surface area contributed by atoms with Crippen LogP contribution < -0.4 is 10.1 Å². The van der Waals surface area contributed by atoms with E-state index >= 15 is 0 Å². The van der Waals surface area contributed by atoms with Crippen molar-refractivity contribution in [2.75, 3.05) is 16.9 Å². The number of halogens is 1. The van der Waals surface area contributed by atoms with E-state index < -0.39 is 27.8 Å². The van der Waals surface area contributed by atoms with Crippen molar-refractivity contribution < 1.29 is 19.2 Å². The second-order valence-corrected chi connectivity index (χ2v) is 11.3. The molecule has 0 bridgehead atoms. The summed E-state index contributed by atoms with van der Waals surface area (Å²) in [5, 5.41) is 14.8. The number of anilines is 1. The number of fused-ring (bicyclic) bond motifs is 7. The first-order valence-electron chi connectivity index (χ1n) is 11.4. The van der Waals surface area contributed by atoms with Crippen molar-refractivity contribution >= 4 is 50.9 Å². The molecule has 4 heterocycles. The molecule has 180 valence electrons. The van der Waals surface area contributed by atoms with E-state index in [1.807, 2.05) is 36.4 Å². The smallest absolute Gasteiger partial charge is 0.325 e. The van der Waals surface area contributed by atoms with E-state index in [4.69, 9.17) is 4.74 Å². The average molecular weight is 564 g/mol. The zero-order valence-corrected chi connectivity index (χ0v) is 21.0. The molecule has 3 aromatic carbocycles. The Morgan fingerprint density at radius 3 is 2.64 bits per heavy atom. The van der Waals surface area contributed by atoms with Crippen molar-refractivity contribution in [1.82, 2.24) is 4.90 Å². The number of thioether (sulfide) groups is 1. The molecule has 4 atom stereocenters. The van der Waals surface area contributed by atoms with E-state index in [1.54, 1.807) is 30.0 Å². The molecule has 0 aromatic heterocycles. The van der Waals surface area contributed by atoms with Gasteiger partial charge in [0.2, 0.25) is 0 Å². The van der Waals surface area contributed by atoms with E-state index in [1.165, 1.54) is 12.1 Å². The number of nitro benzene ring substituents is 1. The van der Waals surface area contributed by atoms with Crippen LogP contribution in [0.3, 0.4) is 0 Å². The highest BCUT2D eigenvalue weighted by Crippen LogP contribution is 2.70. The van der Waals surface area contributed by atoms with Gasteiger partial charge in [0.1, 0.15) is 11.2 Å². The molecule has 4 aliphatic heterocycles. The monoisotopic (exact) mass is 563 g/mol. The van der Waals surface area contributed by atoms with E-state index in [0.717, 1.165) is 10.0 Å². The zero-order chi connectivity index (χ0) is 24.8. The first-order chi connectivity index (χ1) is 17.4. The van der Waals surface area contributed by atoms with Gasteiger partial charge in [-0.05, 0) is 29.8 Å². The van der Waals surface area contributed by atoms with Crippen molar-refractivity contribution in [2.24, 2.45) is 0 Å². The van der Waals surface area contributed by atoms with Crippen molar-refractivity contribution in [1.29, 1.82) is 0 Å². The fourth-order valence-electron chi connectivity index (χ4n) is 6.84. The van der Waals surface area contributed by atoms with Crippen molar-refractivity contribution in [3.8, 4) is 5.75 Å². The van der Waals surface area contributed by atoms with Crippen LogP contribution in [0.4, 0.5) is 11.4 Å². The summed E-state index contributed by atoms with van der Waals surface area (Å²) < 4.78 is 6.82. The Labute approximate surface area is 218 Å². The Morgan fingerprint density at radius 1 is 1.08 bits per heavy atom. The lowest BCUT2D eigenvalue weighted by molar-refractivity contribution is -0.385. The summed E-state index contributed by atoms with van der Waals surface area (Å²) in [5.74, 6) is 0.336. The summed E-state index contributed by atoms with van der Waals surface area (Å²) in [6.45, 7) is 0. The molecule has 0 unspecified atom stereocenters. The predicted molar refractivity (Wildman–Crippen MR) is 137 cm³/mol. The molecule has 8 nitrogen and oxygen atoms in total. The van der Waals surface area contributed by atoms with Gasteiger partial charge in [0.15, 0.2) is 5.54 Å². The van der Waals surface area contributed by atoms with Crippen LogP contribution in [-0.2, 0) is 20.5 Å². The molecule has 0 radical (unpaired) electrons. The van der Waals surface area contributed by atoms with Gasteiger partial charge >= 0.3 is 5.97 Å². The number of esters is 1. The van der Waals surface area contributed by atoms with Crippen molar-refractivity contribution in [3.63, 3.8) is 0 Å². The van der Waals surface area contributed by atoms with Crippen LogP contribution in [0.1, 0.15) is 22.6 Å². The van der Waals surface area contributed by atoms with E-state index in [2.05, 4.69) is 26.1 Å². The van der Waals surface area contributed by atoms with Gasteiger partial charge in [0.25, 0.3) is 11.6 Å². The molecule has 4 aliphatic rings. The summed E-state index contributed by atoms with van der Waals surface area (Å²) >= 11 is 5.19. The topological polar surface area (TPSA) is 102 Å². The normalized spacial score (nSPS) is 29.8. The number of ether oxygens (including phenoxy) is 1. The van der Waals surface area contributed by atoms with E-state index in [0.29, 0.717) is 34.2 Å². The quantitative estimate of drug-likeness (QED) is 0.211. The largest absolute Gasteiger partial charge is 0.425 e. The van der Waals surface area contributed by atoms with Crippen LogP contribution in [0.5, 0.6) is 5.75 Å². The molecule has 7 rings (SSSR count). The molecule has 36 heavy (non-hydrogen) atoms. The SMILES string of the molecule is O=C1Oc2ccccc2[C@@]12[C@H](c1ccc(Br)cc1)[C@H]1CSCN1[C@]21C(=O)Nc2ccc([N+](=O)[O-])cc21. The lowest BCUT2D eigenvalue weighted by Crippen LogP contribution is -2.61. The molecule has 1 amide bonds. The maximum atomic E-state index is 14.3. The average Bonchev–Trinajstić information content (AvgIpc) is 3.58. The number of non-ortho nitro benzene ring substituents is 1. The number of benzene rings is 3. The summed E-state index contributed by atoms with van der Waals surface area (Å²) in [7, 11) is 0. The van der Waals surface area contributed by atoms with E-state index in [-0.39, 0.29) is 17.6 Å². The third kappa shape index (κ3) is 2.44. The predicted octanol–water partition coefficient (Wildman–Crippen LogP) is 4.53. The molecule has 0 saturated carbocycles. The molecule has 10 heteroatoms. The Balaban J connectivity index is 1.63. The van der Waals surface area contributed by atoms with Gasteiger partial charge in [-0.1, -0.05) is 46.3 Å². The number of hydrogen-bond donors (Lipinski definition) is 1. The Morgan fingerprint density at radius 2 is 1.86 bits per heavy atom. The number of amides is 1. The summed E-state index contributed by atoms with van der Waals surface area (Å²) in [4.78, 5) is 42.0. The number of hydrogen-bond acceptors (Lipinski definition) is 7. The van der Waals surface area contributed by atoms with Gasteiger partial charge in [0.05, 0.1) is 4.92 Å². The number of rotatable bonds is 2. The van der Waals surface area contributed by atoms with Crippen LogP contribution in [0, 0.1) is 10.1 Å². The minimum absolute atomic E-state index is 0.130. The zero-order valence-electron chi connectivity index (χ0n) is 18.6. The Hall–Kier alpha value is -3.21. The number of carbonyl (C=O) groups excluding carboxylic acids is 2. The molecule has 2 saturated heterocycles. The Bertz CT molecular complexity index is 1500. The fourth-order valence-corrected chi connectivity index (χ4v) is 8.40. The van der Waals surface area contributed by atoms with Gasteiger partial charge in [0, 0.05) is 57.0 Å². The number of nitrogens with zero attached hydrogens (tertiary/aromatic N) is 2. The molecular formula is C26H18BrN3O5S.